The van der Waals surface area contributed by atoms with Gasteiger partial charge in [-0.05, 0) is 36.3 Å². The van der Waals surface area contributed by atoms with Gasteiger partial charge in [0.2, 0.25) is 0 Å². The molecule has 3 unspecified atom stereocenters. The van der Waals surface area contributed by atoms with Crippen LogP contribution in [0, 0.1) is 11.8 Å². The van der Waals surface area contributed by atoms with Crippen molar-refractivity contribution < 1.29 is 4.79 Å². The zero-order valence-corrected chi connectivity index (χ0v) is 14.3. The Balaban J connectivity index is 0.00000169. The maximum absolute atomic E-state index is 12.8. The van der Waals surface area contributed by atoms with Gasteiger partial charge in [-0.25, -0.2) is 0 Å². The Kier molecular flexibility index (Phi) is 4.88. The van der Waals surface area contributed by atoms with Crippen LogP contribution in [0.4, 0.5) is 0 Å². The quantitative estimate of drug-likeness (QED) is 0.912. The van der Waals surface area contributed by atoms with Gasteiger partial charge in [-0.2, -0.15) is 0 Å². The second-order valence-electron chi connectivity index (χ2n) is 6.70. The minimum absolute atomic E-state index is 0. The van der Waals surface area contributed by atoms with Gasteiger partial charge in [0.05, 0.1) is 5.56 Å². The van der Waals surface area contributed by atoms with Crippen molar-refractivity contribution in [2.45, 2.75) is 18.9 Å². The second kappa shape index (κ2) is 6.91. The van der Waals surface area contributed by atoms with E-state index in [0.717, 1.165) is 37.1 Å². The van der Waals surface area contributed by atoms with Crippen LogP contribution in [0.2, 0.25) is 0 Å². The standard InChI is InChI=1S/C19H21N3O.ClH/c20-18-7-6-14-11-22(12-17(14)18)19(23)16-8-15(9-21-10-16)13-4-2-1-3-5-13;/h1-5,8-10,14,17-18H,6-7,11-12,20H2;1H. The SMILES string of the molecule is Cl.NC1CCC2CN(C(=O)c3cncc(-c4ccccc4)c3)CC12. The molecule has 0 bridgehead atoms. The Bertz CT molecular complexity index is 722. The first-order chi connectivity index (χ1) is 11.2. The van der Waals surface area contributed by atoms with Gasteiger partial charge >= 0.3 is 0 Å². The van der Waals surface area contributed by atoms with Crippen molar-refractivity contribution in [3.63, 3.8) is 0 Å². The fourth-order valence-corrected chi connectivity index (χ4v) is 4.00. The molecule has 24 heavy (non-hydrogen) atoms. The molecule has 1 amide bonds. The average Bonchev–Trinajstić information content (AvgIpc) is 3.17. The van der Waals surface area contributed by atoms with Gasteiger partial charge in [0.1, 0.15) is 0 Å². The zero-order chi connectivity index (χ0) is 15.8. The highest BCUT2D eigenvalue weighted by molar-refractivity contribution is 5.95. The Morgan fingerprint density at radius 2 is 1.88 bits per heavy atom. The first kappa shape index (κ1) is 16.9. The number of amides is 1. The molecule has 3 atom stereocenters. The lowest BCUT2D eigenvalue weighted by atomic mass is 9.98. The zero-order valence-electron chi connectivity index (χ0n) is 13.5. The molecule has 2 aliphatic rings. The van der Waals surface area contributed by atoms with Crippen LogP contribution in [-0.2, 0) is 0 Å². The van der Waals surface area contributed by atoms with Crippen molar-refractivity contribution in [1.82, 2.24) is 9.88 Å². The van der Waals surface area contributed by atoms with Crippen LogP contribution in [0.1, 0.15) is 23.2 Å². The molecule has 2 fully saturated rings. The monoisotopic (exact) mass is 343 g/mol. The third-order valence-electron chi connectivity index (χ3n) is 5.29. The molecule has 0 radical (unpaired) electrons. The van der Waals surface area contributed by atoms with E-state index in [0.29, 0.717) is 17.4 Å². The number of hydrogen-bond acceptors (Lipinski definition) is 3. The molecular weight excluding hydrogens is 322 g/mol. The number of carbonyl (C=O) groups is 1. The van der Waals surface area contributed by atoms with Crippen molar-refractivity contribution in [2.75, 3.05) is 13.1 Å². The smallest absolute Gasteiger partial charge is 0.255 e. The van der Waals surface area contributed by atoms with Crippen molar-refractivity contribution >= 4 is 18.3 Å². The molecule has 126 valence electrons. The predicted molar refractivity (Wildman–Crippen MR) is 97.0 cm³/mol. The molecule has 0 spiro atoms. The molecule has 1 aliphatic heterocycles. The van der Waals surface area contributed by atoms with Crippen LogP contribution >= 0.6 is 12.4 Å². The highest BCUT2D eigenvalue weighted by atomic mass is 35.5. The molecule has 1 aromatic heterocycles. The van der Waals surface area contributed by atoms with Crippen LogP contribution in [0.15, 0.2) is 48.8 Å². The molecule has 1 aromatic carbocycles. The van der Waals surface area contributed by atoms with Crippen LogP contribution < -0.4 is 5.73 Å². The summed E-state index contributed by atoms with van der Waals surface area (Å²) in [5.41, 5.74) is 8.90. The van der Waals surface area contributed by atoms with E-state index < -0.39 is 0 Å². The van der Waals surface area contributed by atoms with Crippen molar-refractivity contribution in [3.8, 4) is 11.1 Å². The van der Waals surface area contributed by atoms with E-state index in [1.165, 1.54) is 0 Å². The molecule has 2 aromatic rings. The van der Waals surface area contributed by atoms with Gasteiger partial charge in [0, 0.05) is 37.1 Å². The molecule has 1 saturated heterocycles. The third-order valence-corrected chi connectivity index (χ3v) is 5.29. The summed E-state index contributed by atoms with van der Waals surface area (Å²) in [6, 6.07) is 12.2. The van der Waals surface area contributed by atoms with E-state index in [1.54, 1.807) is 12.4 Å². The van der Waals surface area contributed by atoms with Gasteiger partial charge in [0.25, 0.3) is 5.91 Å². The Labute approximate surface area is 148 Å². The largest absolute Gasteiger partial charge is 0.338 e. The number of carbonyl (C=O) groups excluding carboxylic acids is 1. The van der Waals surface area contributed by atoms with Crippen molar-refractivity contribution in [1.29, 1.82) is 0 Å². The number of hydrogen-bond donors (Lipinski definition) is 1. The molecule has 4 nitrogen and oxygen atoms in total. The Hall–Kier alpha value is -1.91. The first-order valence-corrected chi connectivity index (χ1v) is 8.27. The lowest BCUT2D eigenvalue weighted by Gasteiger charge is -2.19. The van der Waals surface area contributed by atoms with E-state index >= 15 is 0 Å². The summed E-state index contributed by atoms with van der Waals surface area (Å²) in [5.74, 6) is 1.14. The summed E-state index contributed by atoms with van der Waals surface area (Å²) in [5, 5.41) is 0. The van der Waals surface area contributed by atoms with Gasteiger partial charge in [-0.1, -0.05) is 30.3 Å². The van der Waals surface area contributed by atoms with E-state index in [4.69, 9.17) is 5.73 Å². The highest BCUT2D eigenvalue weighted by Crippen LogP contribution is 2.37. The molecule has 2 heterocycles. The van der Waals surface area contributed by atoms with E-state index in [2.05, 4.69) is 4.98 Å². The predicted octanol–water partition coefficient (Wildman–Crippen LogP) is 2.98. The number of likely N-dealkylation sites (tertiary alicyclic amines) is 1. The second-order valence-corrected chi connectivity index (χ2v) is 6.70. The van der Waals surface area contributed by atoms with E-state index in [1.807, 2.05) is 41.3 Å². The van der Waals surface area contributed by atoms with Crippen LogP contribution in [0.5, 0.6) is 0 Å². The van der Waals surface area contributed by atoms with E-state index in [9.17, 15) is 4.79 Å². The number of halogens is 1. The first-order valence-electron chi connectivity index (χ1n) is 8.27. The maximum atomic E-state index is 12.8. The Morgan fingerprint density at radius 3 is 2.62 bits per heavy atom. The summed E-state index contributed by atoms with van der Waals surface area (Å²) in [6.07, 6.45) is 5.73. The topological polar surface area (TPSA) is 59.2 Å². The minimum atomic E-state index is 0. The normalized spacial score (nSPS) is 25.2. The van der Waals surface area contributed by atoms with Crippen molar-refractivity contribution in [2.24, 2.45) is 17.6 Å². The molecular formula is C19H22ClN3O. The lowest BCUT2D eigenvalue weighted by molar-refractivity contribution is 0.0779. The summed E-state index contributed by atoms with van der Waals surface area (Å²) >= 11 is 0. The van der Waals surface area contributed by atoms with Gasteiger partial charge in [-0.3, -0.25) is 9.78 Å². The summed E-state index contributed by atoms with van der Waals surface area (Å²) in [7, 11) is 0. The number of nitrogens with two attached hydrogens (primary N) is 1. The molecule has 1 saturated carbocycles. The van der Waals surface area contributed by atoms with Crippen LogP contribution in [0.25, 0.3) is 11.1 Å². The number of fused-ring (bicyclic) bond motifs is 1. The summed E-state index contributed by atoms with van der Waals surface area (Å²) in [6.45, 7) is 1.63. The van der Waals surface area contributed by atoms with Gasteiger partial charge in [0.15, 0.2) is 0 Å². The lowest BCUT2D eigenvalue weighted by Crippen LogP contribution is -2.33. The van der Waals surface area contributed by atoms with Gasteiger partial charge < -0.3 is 10.6 Å². The highest BCUT2D eigenvalue weighted by Gasteiger charge is 2.42. The number of pyridine rings is 1. The fraction of sp³-hybridized carbons (Fsp3) is 0.368. The van der Waals surface area contributed by atoms with E-state index in [-0.39, 0.29) is 24.4 Å². The van der Waals surface area contributed by atoms with Gasteiger partial charge in [-0.15, -0.1) is 12.4 Å². The molecule has 5 heteroatoms. The average molecular weight is 344 g/mol. The number of nitrogens with zero attached hydrogens (tertiary/aromatic N) is 2. The number of rotatable bonds is 2. The number of benzene rings is 1. The molecule has 4 rings (SSSR count). The summed E-state index contributed by atoms with van der Waals surface area (Å²) in [4.78, 5) is 19.0. The fourth-order valence-electron chi connectivity index (χ4n) is 4.00. The van der Waals surface area contributed by atoms with Crippen LogP contribution in [-0.4, -0.2) is 34.9 Å². The Morgan fingerprint density at radius 1 is 1.08 bits per heavy atom. The molecule has 1 aliphatic carbocycles. The summed E-state index contributed by atoms with van der Waals surface area (Å²) < 4.78 is 0. The van der Waals surface area contributed by atoms with Crippen LogP contribution in [0.3, 0.4) is 0 Å². The molecule has 2 N–H and O–H groups in total. The number of aromatic nitrogens is 1. The van der Waals surface area contributed by atoms with Crippen molar-refractivity contribution in [3.05, 3.63) is 54.4 Å². The third kappa shape index (κ3) is 3.04. The minimum Gasteiger partial charge on any atom is -0.338 e. The maximum Gasteiger partial charge on any atom is 0.255 e.